The summed E-state index contributed by atoms with van der Waals surface area (Å²) in [4.78, 5) is 40.9. The van der Waals surface area contributed by atoms with Gasteiger partial charge in [-0.25, -0.2) is 9.59 Å². The lowest BCUT2D eigenvalue weighted by Gasteiger charge is -2.28. The number of methoxy groups -OCH3 is 1. The Bertz CT molecular complexity index is 1380. The molecule has 0 unspecified atom stereocenters. The molecule has 5 rings (SSSR count). The molecule has 0 radical (unpaired) electrons. The van der Waals surface area contributed by atoms with Crippen molar-refractivity contribution in [3.63, 3.8) is 0 Å². The number of hydrogen-bond donors (Lipinski definition) is 0. The SMILES string of the molecule is COc1ccc2c(c1)OC(=O)[C@H](CC(=O)OC(C)(C)C)N(C(=O)OCC1c3ccccc3-c3ccccc31)C2. The van der Waals surface area contributed by atoms with Crippen LogP contribution in [-0.2, 0) is 25.6 Å². The molecule has 0 N–H and O–H groups in total. The van der Waals surface area contributed by atoms with Gasteiger partial charge in [0.15, 0.2) is 0 Å². The highest BCUT2D eigenvalue weighted by Crippen LogP contribution is 2.44. The van der Waals surface area contributed by atoms with Crippen LogP contribution in [0.1, 0.15) is 49.8 Å². The maximum atomic E-state index is 13.6. The van der Waals surface area contributed by atoms with E-state index in [9.17, 15) is 14.4 Å². The van der Waals surface area contributed by atoms with Gasteiger partial charge in [-0.2, -0.15) is 0 Å². The minimum Gasteiger partial charge on any atom is -0.497 e. The third-order valence-corrected chi connectivity index (χ3v) is 6.82. The molecule has 3 aromatic carbocycles. The van der Waals surface area contributed by atoms with E-state index in [1.54, 1.807) is 39.0 Å². The van der Waals surface area contributed by atoms with E-state index in [1.165, 1.54) is 12.0 Å². The quantitative estimate of drug-likeness (QED) is 0.320. The second-order valence-corrected chi connectivity index (χ2v) is 10.6. The van der Waals surface area contributed by atoms with Crippen LogP contribution in [-0.4, -0.2) is 48.3 Å². The smallest absolute Gasteiger partial charge is 0.410 e. The number of nitrogens with zero attached hydrogens (tertiary/aromatic N) is 1. The molecule has 39 heavy (non-hydrogen) atoms. The van der Waals surface area contributed by atoms with E-state index in [1.807, 2.05) is 36.4 Å². The number of carbonyl (C=O) groups is 3. The van der Waals surface area contributed by atoms with E-state index in [2.05, 4.69) is 12.1 Å². The highest BCUT2D eigenvalue weighted by Gasteiger charge is 2.40. The number of esters is 2. The molecule has 1 amide bonds. The maximum absolute atomic E-state index is 13.6. The zero-order valence-corrected chi connectivity index (χ0v) is 22.4. The number of fused-ring (bicyclic) bond motifs is 4. The van der Waals surface area contributed by atoms with Crippen LogP contribution in [0.3, 0.4) is 0 Å². The van der Waals surface area contributed by atoms with E-state index in [4.69, 9.17) is 18.9 Å². The normalized spacial score (nSPS) is 16.4. The van der Waals surface area contributed by atoms with Crippen LogP contribution in [0.4, 0.5) is 4.79 Å². The average Bonchev–Trinajstić information content (AvgIpc) is 3.14. The second kappa shape index (κ2) is 10.4. The van der Waals surface area contributed by atoms with Crippen molar-refractivity contribution in [3.05, 3.63) is 83.4 Å². The summed E-state index contributed by atoms with van der Waals surface area (Å²) in [6, 6.07) is 19.9. The van der Waals surface area contributed by atoms with Crippen molar-refractivity contribution in [1.29, 1.82) is 0 Å². The van der Waals surface area contributed by atoms with Crippen LogP contribution in [0.25, 0.3) is 11.1 Å². The minimum atomic E-state index is -1.23. The zero-order valence-electron chi connectivity index (χ0n) is 22.4. The summed E-state index contributed by atoms with van der Waals surface area (Å²) >= 11 is 0. The molecule has 0 saturated carbocycles. The standard InChI is InChI=1S/C31H31NO7/c1-31(2,3)39-28(33)16-26-29(34)38-27-15-20(36-4)14-13-19(27)17-32(26)30(35)37-18-25-23-11-7-5-9-21(23)22-10-6-8-12-24(22)25/h5-15,25-26H,16-18H2,1-4H3/t26-/m0/s1. The molecule has 0 fully saturated rings. The summed E-state index contributed by atoms with van der Waals surface area (Å²) in [7, 11) is 1.51. The van der Waals surface area contributed by atoms with Gasteiger partial charge in [-0.3, -0.25) is 9.69 Å². The van der Waals surface area contributed by atoms with E-state index in [0.717, 1.165) is 22.3 Å². The molecule has 202 valence electrons. The summed E-state index contributed by atoms with van der Waals surface area (Å²) in [6.45, 7) is 5.30. The number of hydrogen-bond acceptors (Lipinski definition) is 7. The molecule has 1 aliphatic carbocycles. The first kappa shape index (κ1) is 26.3. The highest BCUT2D eigenvalue weighted by atomic mass is 16.6. The maximum Gasteiger partial charge on any atom is 0.410 e. The van der Waals surface area contributed by atoms with Crippen molar-refractivity contribution in [2.75, 3.05) is 13.7 Å². The third kappa shape index (κ3) is 5.46. The van der Waals surface area contributed by atoms with Gasteiger partial charge in [0.2, 0.25) is 0 Å². The van der Waals surface area contributed by atoms with Crippen LogP contribution in [0, 0.1) is 0 Å². The van der Waals surface area contributed by atoms with Gasteiger partial charge in [0.05, 0.1) is 20.1 Å². The van der Waals surface area contributed by atoms with Gasteiger partial charge in [0.25, 0.3) is 0 Å². The van der Waals surface area contributed by atoms with Crippen molar-refractivity contribution >= 4 is 18.0 Å². The summed E-state index contributed by atoms with van der Waals surface area (Å²) in [5, 5.41) is 0. The second-order valence-electron chi connectivity index (χ2n) is 10.6. The van der Waals surface area contributed by atoms with Crippen molar-refractivity contribution in [1.82, 2.24) is 4.90 Å². The molecule has 3 aromatic rings. The molecule has 0 saturated heterocycles. The molecule has 8 heteroatoms. The third-order valence-electron chi connectivity index (χ3n) is 6.82. The van der Waals surface area contributed by atoms with Gasteiger partial charge in [-0.05, 0) is 55.2 Å². The average molecular weight is 530 g/mol. The van der Waals surface area contributed by atoms with Gasteiger partial charge in [0.1, 0.15) is 29.7 Å². The predicted molar refractivity (Wildman–Crippen MR) is 143 cm³/mol. The fourth-order valence-electron chi connectivity index (χ4n) is 5.09. The van der Waals surface area contributed by atoms with E-state index < -0.39 is 29.7 Å². The van der Waals surface area contributed by atoms with E-state index in [-0.39, 0.29) is 31.2 Å². The molecule has 8 nitrogen and oxygen atoms in total. The van der Waals surface area contributed by atoms with Crippen molar-refractivity contribution in [2.24, 2.45) is 0 Å². The number of benzene rings is 3. The fourth-order valence-corrected chi connectivity index (χ4v) is 5.09. The molecule has 1 aliphatic heterocycles. The van der Waals surface area contributed by atoms with E-state index in [0.29, 0.717) is 11.3 Å². The summed E-state index contributed by atoms with van der Waals surface area (Å²) in [6.07, 6.45) is -1.09. The summed E-state index contributed by atoms with van der Waals surface area (Å²) < 4.78 is 22.2. The Balaban J connectivity index is 1.41. The van der Waals surface area contributed by atoms with Crippen molar-refractivity contribution in [3.8, 4) is 22.6 Å². The largest absolute Gasteiger partial charge is 0.497 e. The molecular weight excluding hydrogens is 498 g/mol. The number of rotatable bonds is 5. The zero-order chi connectivity index (χ0) is 27.7. The monoisotopic (exact) mass is 529 g/mol. The van der Waals surface area contributed by atoms with Gasteiger partial charge in [0, 0.05) is 17.5 Å². The fraction of sp³-hybridized carbons (Fsp3) is 0.323. The van der Waals surface area contributed by atoms with Gasteiger partial charge < -0.3 is 18.9 Å². The lowest BCUT2D eigenvalue weighted by atomic mass is 9.98. The lowest BCUT2D eigenvalue weighted by molar-refractivity contribution is -0.159. The predicted octanol–water partition coefficient (Wildman–Crippen LogP) is 5.47. The van der Waals surface area contributed by atoms with Crippen LogP contribution in [0.15, 0.2) is 66.7 Å². The minimum absolute atomic E-state index is 0.00913. The number of carbonyl (C=O) groups excluding carboxylic acids is 3. The number of amides is 1. The summed E-state index contributed by atoms with van der Waals surface area (Å²) in [5.74, 6) is -0.755. The van der Waals surface area contributed by atoms with E-state index >= 15 is 0 Å². The van der Waals surface area contributed by atoms with Gasteiger partial charge in [-0.15, -0.1) is 0 Å². The first-order valence-corrected chi connectivity index (χ1v) is 12.9. The molecule has 0 aromatic heterocycles. The topological polar surface area (TPSA) is 91.4 Å². The Labute approximate surface area is 227 Å². The molecular formula is C31H31NO7. The molecule has 2 aliphatic rings. The molecule has 0 spiro atoms. The molecule has 1 atom stereocenters. The van der Waals surface area contributed by atoms with Crippen LogP contribution >= 0.6 is 0 Å². The first-order valence-electron chi connectivity index (χ1n) is 12.9. The van der Waals surface area contributed by atoms with Crippen LogP contribution < -0.4 is 9.47 Å². The van der Waals surface area contributed by atoms with Crippen molar-refractivity contribution < 1.29 is 33.3 Å². The Morgan fingerprint density at radius 2 is 1.62 bits per heavy atom. The summed E-state index contributed by atoms with van der Waals surface area (Å²) in [5.41, 5.74) is 4.20. The molecule has 1 heterocycles. The van der Waals surface area contributed by atoms with Gasteiger partial charge >= 0.3 is 18.0 Å². The van der Waals surface area contributed by atoms with Crippen LogP contribution in [0.2, 0.25) is 0 Å². The number of ether oxygens (including phenoxy) is 4. The molecule has 0 bridgehead atoms. The lowest BCUT2D eigenvalue weighted by Crippen LogP contribution is -2.47. The highest BCUT2D eigenvalue weighted by molar-refractivity contribution is 5.88. The first-order chi connectivity index (χ1) is 18.6. The van der Waals surface area contributed by atoms with Crippen molar-refractivity contribution in [2.45, 2.75) is 51.3 Å². The van der Waals surface area contributed by atoms with Crippen LogP contribution in [0.5, 0.6) is 11.5 Å². The van der Waals surface area contributed by atoms with Gasteiger partial charge in [-0.1, -0.05) is 48.5 Å². The Kier molecular flexibility index (Phi) is 7.04. The Morgan fingerprint density at radius 3 is 2.23 bits per heavy atom. The Morgan fingerprint density at radius 1 is 0.974 bits per heavy atom. The Hall–Kier alpha value is -4.33.